The van der Waals surface area contributed by atoms with Gasteiger partial charge in [-0.3, -0.25) is 4.79 Å². The molecule has 0 aliphatic rings. The highest BCUT2D eigenvalue weighted by Gasteiger charge is 2.30. The Labute approximate surface area is 113 Å². The molecule has 1 aromatic carbocycles. The maximum absolute atomic E-state index is 12.4. The normalized spacial score (nSPS) is 14.0. The first kappa shape index (κ1) is 16.4. The Hall–Kier alpha value is -1.61. The third-order valence-electron chi connectivity index (χ3n) is 2.41. The molecule has 1 aromatic rings. The lowest BCUT2D eigenvalue weighted by molar-refractivity contribution is -0.137. The Kier molecular flexibility index (Phi) is 4.77. The minimum Gasteiger partial charge on any atom is -0.480 e. The van der Waals surface area contributed by atoms with Gasteiger partial charge >= 0.3 is 12.1 Å². The van der Waals surface area contributed by atoms with E-state index in [9.17, 15) is 26.4 Å². The van der Waals surface area contributed by atoms with Crippen molar-refractivity contribution in [1.82, 2.24) is 4.72 Å². The summed E-state index contributed by atoms with van der Waals surface area (Å²) < 4.78 is 61.9. The fraction of sp³-hybridized carbons (Fsp3) is 0.364. The van der Waals surface area contributed by atoms with Gasteiger partial charge in [0.1, 0.15) is 0 Å². The number of carboxylic acids is 1. The number of sulfonamides is 1. The molecule has 0 aliphatic heterocycles. The van der Waals surface area contributed by atoms with E-state index in [2.05, 4.69) is 4.72 Å². The zero-order valence-corrected chi connectivity index (χ0v) is 11.1. The summed E-state index contributed by atoms with van der Waals surface area (Å²) in [5, 5.41) is 8.41. The van der Waals surface area contributed by atoms with Gasteiger partial charge in [-0.2, -0.15) is 13.2 Å². The quantitative estimate of drug-likeness (QED) is 0.868. The van der Waals surface area contributed by atoms with Crippen LogP contribution in [0.2, 0.25) is 0 Å². The number of rotatable bonds is 5. The molecular formula is C11H12F3NO4S. The second-order valence-electron chi connectivity index (χ2n) is 4.11. The van der Waals surface area contributed by atoms with Crippen LogP contribution in [0.25, 0.3) is 0 Å². The minimum absolute atomic E-state index is 0.298. The highest BCUT2D eigenvalue weighted by molar-refractivity contribution is 7.90. The predicted molar refractivity (Wildman–Crippen MR) is 64.4 cm³/mol. The Morgan fingerprint density at radius 1 is 1.30 bits per heavy atom. The monoisotopic (exact) mass is 311 g/mol. The van der Waals surface area contributed by atoms with E-state index in [1.807, 2.05) is 0 Å². The van der Waals surface area contributed by atoms with E-state index in [1.165, 1.54) is 6.92 Å². The summed E-state index contributed by atoms with van der Waals surface area (Å²) in [4.78, 5) is 10.3. The van der Waals surface area contributed by atoms with E-state index in [0.29, 0.717) is 5.56 Å². The molecule has 0 spiro atoms. The second kappa shape index (κ2) is 5.80. The first-order chi connectivity index (χ1) is 9.01. The number of aliphatic carboxylic acids is 1. The molecule has 0 aromatic heterocycles. The maximum atomic E-state index is 12.4. The molecule has 2 N–H and O–H groups in total. The van der Waals surface area contributed by atoms with Gasteiger partial charge in [0.05, 0.1) is 5.56 Å². The topological polar surface area (TPSA) is 83.5 Å². The van der Waals surface area contributed by atoms with Crippen LogP contribution in [-0.2, 0) is 21.0 Å². The Morgan fingerprint density at radius 2 is 1.80 bits per heavy atom. The fourth-order valence-electron chi connectivity index (χ4n) is 1.50. The van der Waals surface area contributed by atoms with Crippen molar-refractivity contribution < 1.29 is 31.5 Å². The molecule has 0 saturated carbocycles. The van der Waals surface area contributed by atoms with Crippen molar-refractivity contribution in [2.75, 3.05) is 5.75 Å². The lowest BCUT2D eigenvalue weighted by Gasteiger charge is -2.14. The molecule has 1 rings (SSSR count). The molecule has 1 unspecified atom stereocenters. The molecule has 0 aliphatic carbocycles. The molecule has 5 nitrogen and oxygen atoms in total. The smallest absolute Gasteiger partial charge is 0.416 e. The van der Waals surface area contributed by atoms with Crippen molar-refractivity contribution in [2.45, 2.75) is 19.1 Å². The van der Waals surface area contributed by atoms with Crippen LogP contribution in [0.1, 0.15) is 24.1 Å². The average Bonchev–Trinajstić information content (AvgIpc) is 2.25. The van der Waals surface area contributed by atoms with Crippen molar-refractivity contribution in [3.63, 3.8) is 0 Å². The molecule has 9 heteroatoms. The van der Waals surface area contributed by atoms with Crippen molar-refractivity contribution in [1.29, 1.82) is 0 Å². The third-order valence-corrected chi connectivity index (χ3v) is 3.75. The lowest BCUT2D eigenvalue weighted by atomic mass is 10.1. The molecule has 112 valence electrons. The number of hydrogen-bond acceptors (Lipinski definition) is 3. The zero-order chi connectivity index (χ0) is 15.6. The molecular weight excluding hydrogens is 299 g/mol. The van der Waals surface area contributed by atoms with E-state index in [-0.39, 0.29) is 0 Å². The number of halogens is 3. The van der Waals surface area contributed by atoms with Gasteiger partial charge < -0.3 is 5.11 Å². The summed E-state index contributed by atoms with van der Waals surface area (Å²) in [6, 6.07) is 3.10. The van der Waals surface area contributed by atoms with E-state index >= 15 is 0 Å². The first-order valence-electron chi connectivity index (χ1n) is 5.40. The molecule has 0 fully saturated rings. The van der Waals surface area contributed by atoms with Gasteiger partial charge in [0.15, 0.2) is 5.75 Å². The molecule has 0 saturated heterocycles. The number of hydrogen-bond donors (Lipinski definition) is 2. The summed E-state index contributed by atoms with van der Waals surface area (Å²) in [5.74, 6) is -2.62. The van der Waals surface area contributed by atoms with E-state index in [4.69, 9.17) is 5.11 Å². The van der Waals surface area contributed by atoms with Gasteiger partial charge in [-0.25, -0.2) is 13.1 Å². The number of benzene rings is 1. The molecule has 0 bridgehead atoms. The van der Waals surface area contributed by atoms with E-state index in [1.54, 1.807) is 0 Å². The van der Waals surface area contributed by atoms with Gasteiger partial charge in [-0.1, -0.05) is 12.1 Å². The van der Waals surface area contributed by atoms with Crippen molar-refractivity contribution in [3.05, 3.63) is 35.4 Å². The van der Waals surface area contributed by atoms with Crippen LogP contribution in [-0.4, -0.2) is 25.2 Å². The SMILES string of the molecule is CC(NS(=O)(=O)CC(=O)O)c1ccc(C(F)(F)F)cc1. The lowest BCUT2D eigenvalue weighted by Crippen LogP contribution is -2.32. The largest absolute Gasteiger partial charge is 0.480 e. The number of carboxylic acid groups (broad SMARTS) is 1. The summed E-state index contributed by atoms with van der Waals surface area (Å²) >= 11 is 0. The number of nitrogens with one attached hydrogen (secondary N) is 1. The standard InChI is InChI=1S/C11H12F3NO4S/c1-7(15-20(18,19)6-10(16)17)8-2-4-9(5-3-8)11(12,13)14/h2-5,7,15H,6H2,1H3,(H,16,17). The van der Waals surface area contributed by atoms with Crippen LogP contribution < -0.4 is 4.72 Å². The highest BCUT2D eigenvalue weighted by atomic mass is 32.2. The first-order valence-corrected chi connectivity index (χ1v) is 7.05. The van der Waals surface area contributed by atoms with Gasteiger partial charge in [-0.05, 0) is 24.6 Å². The third kappa shape index (κ3) is 4.82. The minimum atomic E-state index is -4.47. The van der Waals surface area contributed by atoms with Crippen LogP contribution >= 0.6 is 0 Å². The predicted octanol–water partition coefficient (Wildman–Crippen LogP) is 1.77. The fourth-order valence-corrected chi connectivity index (χ4v) is 2.59. The van der Waals surface area contributed by atoms with Gasteiger partial charge in [0, 0.05) is 6.04 Å². The number of carbonyl (C=O) groups is 1. The van der Waals surface area contributed by atoms with Crippen LogP contribution in [0, 0.1) is 0 Å². The molecule has 0 radical (unpaired) electrons. The van der Waals surface area contributed by atoms with Crippen molar-refractivity contribution in [3.8, 4) is 0 Å². The Morgan fingerprint density at radius 3 is 2.20 bits per heavy atom. The zero-order valence-electron chi connectivity index (χ0n) is 10.3. The summed E-state index contributed by atoms with van der Waals surface area (Å²) in [7, 11) is -4.04. The molecule has 20 heavy (non-hydrogen) atoms. The van der Waals surface area contributed by atoms with Crippen LogP contribution in [0.3, 0.4) is 0 Å². The van der Waals surface area contributed by atoms with Gasteiger partial charge in [0.25, 0.3) is 0 Å². The van der Waals surface area contributed by atoms with Crippen molar-refractivity contribution >= 4 is 16.0 Å². The van der Waals surface area contributed by atoms with Gasteiger partial charge in [-0.15, -0.1) is 0 Å². The highest BCUT2D eigenvalue weighted by Crippen LogP contribution is 2.29. The van der Waals surface area contributed by atoms with Crippen LogP contribution in [0.15, 0.2) is 24.3 Å². The average molecular weight is 311 g/mol. The second-order valence-corrected chi connectivity index (χ2v) is 5.87. The van der Waals surface area contributed by atoms with Gasteiger partial charge in [0.2, 0.25) is 10.0 Å². The summed E-state index contributed by atoms with van der Waals surface area (Å²) in [5.41, 5.74) is -0.547. The summed E-state index contributed by atoms with van der Waals surface area (Å²) in [6.07, 6.45) is -4.47. The Bertz CT molecular complexity index is 581. The molecule has 0 heterocycles. The van der Waals surface area contributed by atoms with E-state index in [0.717, 1.165) is 24.3 Å². The van der Waals surface area contributed by atoms with Crippen LogP contribution in [0.4, 0.5) is 13.2 Å². The number of alkyl halides is 3. The Balaban J connectivity index is 2.83. The van der Waals surface area contributed by atoms with Crippen molar-refractivity contribution in [2.24, 2.45) is 0 Å². The van der Waals surface area contributed by atoms with E-state index < -0.39 is 39.5 Å². The summed E-state index contributed by atoms with van der Waals surface area (Å²) in [6.45, 7) is 1.40. The molecule has 0 amide bonds. The maximum Gasteiger partial charge on any atom is 0.416 e. The molecule has 1 atom stereocenters. The van der Waals surface area contributed by atoms with Crippen LogP contribution in [0.5, 0.6) is 0 Å².